The molecule has 1 aliphatic rings. The maximum absolute atomic E-state index is 11.7. The van der Waals surface area contributed by atoms with E-state index in [1.54, 1.807) is 18.9 Å². The summed E-state index contributed by atoms with van der Waals surface area (Å²) < 4.78 is 10.7. The molecule has 2 rings (SSSR count). The summed E-state index contributed by atoms with van der Waals surface area (Å²) in [7, 11) is 1.79. The number of ether oxygens (including phenoxy) is 2. The molecule has 126 valence electrons. The molecule has 2 atom stereocenters. The average Bonchev–Trinajstić information content (AvgIpc) is 2.87. The first kappa shape index (κ1) is 17.1. The van der Waals surface area contributed by atoms with E-state index in [0.29, 0.717) is 19.8 Å². The van der Waals surface area contributed by atoms with E-state index in [1.807, 2.05) is 31.2 Å². The van der Waals surface area contributed by atoms with Crippen molar-refractivity contribution in [1.29, 1.82) is 0 Å². The molecule has 0 spiro atoms. The number of benzene rings is 1. The van der Waals surface area contributed by atoms with Gasteiger partial charge in [0.25, 0.3) is 0 Å². The molecule has 6 nitrogen and oxygen atoms in total. The van der Waals surface area contributed by atoms with Crippen molar-refractivity contribution in [3.05, 3.63) is 29.8 Å². The summed E-state index contributed by atoms with van der Waals surface area (Å²) in [5.41, 5.74) is 0.904. The molecule has 0 saturated carbocycles. The van der Waals surface area contributed by atoms with Crippen molar-refractivity contribution in [2.75, 3.05) is 26.8 Å². The van der Waals surface area contributed by atoms with Gasteiger partial charge in [-0.15, -0.1) is 0 Å². The fourth-order valence-corrected chi connectivity index (χ4v) is 2.50. The number of carbonyl (C=O) groups is 2. The Hall–Kier alpha value is -2.24. The Morgan fingerprint density at radius 1 is 1.39 bits per heavy atom. The molecule has 23 heavy (non-hydrogen) atoms. The maximum Gasteiger partial charge on any atom is 0.317 e. The van der Waals surface area contributed by atoms with Crippen molar-refractivity contribution in [3.8, 4) is 5.75 Å². The first-order valence-electron chi connectivity index (χ1n) is 7.93. The Morgan fingerprint density at radius 2 is 2.09 bits per heavy atom. The molecule has 1 aromatic rings. The number of hydrogen-bond acceptors (Lipinski definition) is 4. The van der Waals surface area contributed by atoms with Gasteiger partial charge < -0.3 is 19.7 Å². The smallest absolute Gasteiger partial charge is 0.317 e. The number of hydrogen-bond donors (Lipinski definition) is 1. The van der Waals surface area contributed by atoms with E-state index in [2.05, 4.69) is 5.32 Å². The molecular formula is C17H24N2O4. The Bertz CT molecular complexity index is 544. The molecule has 1 N–H and O–H groups in total. The highest BCUT2D eigenvalue weighted by molar-refractivity contribution is 5.77. The van der Waals surface area contributed by atoms with Crippen LogP contribution >= 0.6 is 0 Å². The number of carbonyl (C=O) groups excluding carboxylic acids is 2. The van der Waals surface area contributed by atoms with E-state index in [0.717, 1.165) is 17.7 Å². The first-order valence-corrected chi connectivity index (χ1v) is 7.93. The lowest BCUT2D eigenvalue weighted by Crippen LogP contribution is -2.31. The number of likely N-dealkylation sites (N-methyl/N-ethyl adjacent to an activating group) is 1. The topological polar surface area (TPSA) is 67.9 Å². The van der Waals surface area contributed by atoms with Crippen LogP contribution in [-0.2, 0) is 9.53 Å². The highest BCUT2D eigenvalue weighted by Gasteiger charge is 2.26. The number of rotatable bonds is 7. The second-order valence-electron chi connectivity index (χ2n) is 5.63. The van der Waals surface area contributed by atoms with Crippen molar-refractivity contribution in [2.24, 2.45) is 0 Å². The van der Waals surface area contributed by atoms with Gasteiger partial charge >= 0.3 is 12.0 Å². The van der Waals surface area contributed by atoms with E-state index in [1.165, 1.54) is 0 Å². The number of urea groups is 1. The lowest BCUT2D eigenvalue weighted by Gasteiger charge is -2.18. The fourth-order valence-electron chi connectivity index (χ4n) is 2.50. The molecule has 6 heteroatoms. The van der Waals surface area contributed by atoms with Crippen molar-refractivity contribution >= 4 is 12.0 Å². The Labute approximate surface area is 136 Å². The lowest BCUT2D eigenvalue weighted by atomic mass is 10.0. The van der Waals surface area contributed by atoms with Crippen molar-refractivity contribution in [3.63, 3.8) is 0 Å². The van der Waals surface area contributed by atoms with Gasteiger partial charge in [0.2, 0.25) is 0 Å². The second kappa shape index (κ2) is 7.85. The zero-order valence-corrected chi connectivity index (χ0v) is 13.9. The number of esters is 1. The minimum absolute atomic E-state index is 0.0349. The Balaban J connectivity index is 1.81. The highest BCUT2D eigenvalue weighted by Crippen LogP contribution is 2.21. The molecule has 0 aliphatic carbocycles. The van der Waals surface area contributed by atoms with Crippen LogP contribution in [0.15, 0.2) is 24.3 Å². The van der Waals surface area contributed by atoms with E-state index in [9.17, 15) is 9.59 Å². The monoisotopic (exact) mass is 320 g/mol. The molecule has 0 aromatic heterocycles. The van der Waals surface area contributed by atoms with Gasteiger partial charge in [0.1, 0.15) is 5.75 Å². The zero-order valence-electron chi connectivity index (χ0n) is 13.9. The van der Waals surface area contributed by atoms with Crippen molar-refractivity contribution < 1.29 is 19.1 Å². The van der Waals surface area contributed by atoms with Gasteiger partial charge in [-0.1, -0.05) is 12.1 Å². The minimum Gasteiger partial charge on any atom is -0.494 e. The zero-order chi connectivity index (χ0) is 16.8. The third kappa shape index (κ3) is 4.37. The fraction of sp³-hybridized carbons (Fsp3) is 0.529. The first-order chi connectivity index (χ1) is 11.0. The van der Waals surface area contributed by atoms with Crippen LogP contribution in [0.4, 0.5) is 4.79 Å². The maximum atomic E-state index is 11.7. The third-order valence-electron chi connectivity index (χ3n) is 4.10. The summed E-state index contributed by atoms with van der Waals surface area (Å²) in [6, 6.07) is 7.60. The number of nitrogens with zero attached hydrogens (tertiary/aromatic N) is 1. The van der Waals surface area contributed by atoms with Gasteiger partial charge in [0.05, 0.1) is 25.2 Å². The van der Waals surface area contributed by atoms with Gasteiger partial charge in [-0.3, -0.25) is 4.79 Å². The molecule has 1 heterocycles. The van der Waals surface area contributed by atoms with Crippen LogP contribution in [-0.4, -0.2) is 49.7 Å². The van der Waals surface area contributed by atoms with Crippen LogP contribution in [0.1, 0.15) is 31.7 Å². The van der Waals surface area contributed by atoms with E-state index in [-0.39, 0.29) is 24.0 Å². The lowest BCUT2D eigenvalue weighted by molar-refractivity contribution is -0.144. The van der Waals surface area contributed by atoms with Gasteiger partial charge in [-0.2, -0.15) is 0 Å². The summed E-state index contributed by atoms with van der Waals surface area (Å²) >= 11 is 0. The van der Waals surface area contributed by atoms with Crippen molar-refractivity contribution in [1.82, 2.24) is 10.2 Å². The summed E-state index contributed by atoms with van der Waals surface area (Å²) in [5.74, 6) is 0.251. The van der Waals surface area contributed by atoms with E-state index in [4.69, 9.17) is 9.47 Å². The van der Waals surface area contributed by atoms with Crippen LogP contribution in [0.2, 0.25) is 0 Å². The van der Waals surface area contributed by atoms with Crippen LogP contribution in [0.25, 0.3) is 0 Å². The number of amides is 2. The predicted molar refractivity (Wildman–Crippen MR) is 86.6 cm³/mol. The molecule has 1 aromatic carbocycles. The van der Waals surface area contributed by atoms with Crippen molar-refractivity contribution in [2.45, 2.75) is 32.2 Å². The summed E-state index contributed by atoms with van der Waals surface area (Å²) in [6.07, 6.45) is 0.774. The normalized spacial score (nSPS) is 18.5. The SMILES string of the molecule is CCOC(=O)C(C)c1ccc(OCCC2CNC(=O)N2C)cc1. The van der Waals surface area contributed by atoms with Crippen LogP contribution < -0.4 is 10.1 Å². The third-order valence-corrected chi connectivity index (χ3v) is 4.10. The minimum atomic E-state index is -0.284. The molecule has 2 amide bonds. The highest BCUT2D eigenvalue weighted by atomic mass is 16.5. The standard InChI is InChI=1S/C17H24N2O4/c1-4-22-16(20)12(2)13-5-7-15(8-6-13)23-10-9-14-11-18-17(21)19(14)3/h5-8,12,14H,4,9-11H2,1-3H3,(H,18,21). The molecule has 0 radical (unpaired) electrons. The van der Waals surface area contributed by atoms with Gasteiger partial charge in [-0.25, -0.2) is 4.79 Å². The molecule has 1 aliphatic heterocycles. The van der Waals surface area contributed by atoms with E-state index < -0.39 is 0 Å². The summed E-state index contributed by atoms with van der Waals surface area (Å²) in [6.45, 7) is 5.21. The Kier molecular flexibility index (Phi) is 5.84. The molecule has 0 bridgehead atoms. The van der Waals surface area contributed by atoms with E-state index >= 15 is 0 Å². The Morgan fingerprint density at radius 3 is 2.65 bits per heavy atom. The predicted octanol–water partition coefficient (Wildman–Crippen LogP) is 2.15. The van der Waals surface area contributed by atoms with Crippen LogP contribution in [0.3, 0.4) is 0 Å². The quantitative estimate of drug-likeness (QED) is 0.782. The molecular weight excluding hydrogens is 296 g/mol. The van der Waals surface area contributed by atoms with Gasteiger partial charge in [-0.05, 0) is 31.5 Å². The molecule has 2 unspecified atom stereocenters. The summed E-state index contributed by atoms with van der Waals surface area (Å²) in [4.78, 5) is 24.8. The average molecular weight is 320 g/mol. The molecule has 1 fully saturated rings. The second-order valence-corrected chi connectivity index (χ2v) is 5.63. The van der Waals surface area contributed by atoms with Gasteiger partial charge in [0.15, 0.2) is 0 Å². The summed E-state index contributed by atoms with van der Waals surface area (Å²) in [5, 5.41) is 2.80. The number of nitrogens with one attached hydrogen (secondary N) is 1. The largest absolute Gasteiger partial charge is 0.494 e. The van der Waals surface area contributed by atoms with Crippen LogP contribution in [0.5, 0.6) is 5.75 Å². The van der Waals surface area contributed by atoms with Crippen LogP contribution in [0, 0.1) is 0 Å². The van der Waals surface area contributed by atoms with Gasteiger partial charge in [0, 0.05) is 20.0 Å². The molecule has 1 saturated heterocycles.